The highest BCUT2D eigenvalue weighted by atomic mass is 35.5. The van der Waals surface area contributed by atoms with E-state index >= 15 is 0 Å². The van der Waals surface area contributed by atoms with Crippen molar-refractivity contribution < 1.29 is 9.53 Å². The minimum absolute atomic E-state index is 0.0948. The van der Waals surface area contributed by atoms with Crippen molar-refractivity contribution in [3.63, 3.8) is 0 Å². The largest absolute Gasteiger partial charge is 0.380 e. The number of hydrogen-bond acceptors (Lipinski definition) is 3. The fourth-order valence-corrected chi connectivity index (χ4v) is 3.91. The van der Waals surface area contributed by atoms with Gasteiger partial charge in [0.25, 0.3) is 5.91 Å². The number of aryl methyl sites for hydroxylation is 1. The van der Waals surface area contributed by atoms with Gasteiger partial charge in [0, 0.05) is 36.3 Å². The summed E-state index contributed by atoms with van der Waals surface area (Å²) in [7, 11) is 1.71. The monoisotopic (exact) mass is 330 g/mol. The molecular weight excluding hydrogens is 312 g/mol. The van der Waals surface area contributed by atoms with E-state index in [4.69, 9.17) is 21.3 Å². The van der Waals surface area contributed by atoms with Gasteiger partial charge < -0.3 is 9.64 Å². The highest BCUT2D eigenvalue weighted by molar-refractivity contribution is 6.31. The molecule has 0 saturated carbocycles. The van der Waals surface area contributed by atoms with Gasteiger partial charge in [-0.05, 0) is 49.4 Å². The number of ether oxygens (including phenoxy) is 1. The molecule has 2 aromatic rings. The van der Waals surface area contributed by atoms with Crippen molar-refractivity contribution in [2.75, 3.05) is 20.2 Å². The summed E-state index contributed by atoms with van der Waals surface area (Å²) in [5.41, 5.74) is 3.86. The molecule has 1 fully saturated rings. The summed E-state index contributed by atoms with van der Waals surface area (Å²) in [5, 5.41) is 1.52. The Kier molecular flexibility index (Phi) is 3.74. The van der Waals surface area contributed by atoms with Gasteiger partial charge in [-0.1, -0.05) is 11.6 Å². The Bertz CT molecular complexity index is 790. The summed E-state index contributed by atoms with van der Waals surface area (Å²) in [6.07, 6.45) is 3.98. The average molecular weight is 331 g/mol. The zero-order chi connectivity index (χ0) is 16.0. The second-order valence-corrected chi connectivity index (χ2v) is 6.76. The summed E-state index contributed by atoms with van der Waals surface area (Å²) in [6.45, 7) is 1.41. The number of carbonyl (C=O) groups excluding carboxylic acids is 1. The van der Waals surface area contributed by atoms with E-state index in [1.54, 1.807) is 7.11 Å². The van der Waals surface area contributed by atoms with E-state index in [1.807, 2.05) is 23.1 Å². The Morgan fingerprint density at radius 2 is 2.26 bits per heavy atom. The van der Waals surface area contributed by atoms with Crippen LogP contribution in [0.2, 0.25) is 5.02 Å². The summed E-state index contributed by atoms with van der Waals surface area (Å²) < 4.78 is 5.40. The second-order valence-electron chi connectivity index (χ2n) is 6.32. The molecule has 120 valence electrons. The molecular formula is C18H19ClN2O2. The van der Waals surface area contributed by atoms with Crippen molar-refractivity contribution in [1.29, 1.82) is 0 Å². The third-order valence-corrected chi connectivity index (χ3v) is 5.19. The molecule has 1 aromatic carbocycles. The highest BCUT2D eigenvalue weighted by Gasteiger charge is 2.31. The maximum absolute atomic E-state index is 13.2. The Hall–Kier alpha value is -1.65. The minimum Gasteiger partial charge on any atom is -0.380 e. The lowest BCUT2D eigenvalue weighted by atomic mass is 10.00. The van der Waals surface area contributed by atoms with Crippen LogP contribution in [-0.2, 0) is 17.6 Å². The number of methoxy groups -OCH3 is 1. The topological polar surface area (TPSA) is 42.4 Å². The number of pyridine rings is 1. The summed E-state index contributed by atoms with van der Waals surface area (Å²) >= 11 is 6.18. The third kappa shape index (κ3) is 2.50. The number of amides is 1. The van der Waals surface area contributed by atoms with Crippen molar-refractivity contribution in [1.82, 2.24) is 9.88 Å². The molecule has 5 heteroatoms. The average Bonchev–Trinajstić information content (AvgIpc) is 3.20. The number of benzene rings is 1. The fraction of sp³-hybridized carbons (Fsp3) is 0.444. The number of fused-ring (bicyclic) bond motifs is 2. The van der Waals surface area contributed by atoms with Gasteiger partial charge in [-0.3, -0.25) is 9.78 Å². The summed E-state index contributed by atoms with van der Waals surface area (Å²) in [5.74, 6) is 0.0948. The third-order valence-electron chi connectivity index (χ3n) is 4.95. The van der Waals surface area contributed by atoms with Crippen LogP contribution in [0.25, 0.3) is 10.9 Å². The van der Waals surface area contributed by atoms with Crippen LogP contribution in [0.4, 0.5) is 0 Å². The summed E-state index contributed by atoms with van der Waals surface area (Å²) in [4.78, 5) is 19.8. The van der Waals surface area contributed by atoms with E-state index in [0.29, 0.717) is 11.6 Å². The standard InChI is InChI=1S/C18H19ClN2O2/c1-23-12-7-8-21(10-12)18(22)17-13-3-2-4-15(13)20-16-6-5-11(19)9-14(16)17/h5-6,9,12H,2-4,7-8,10H2,1H3. The van der Waals surface area contributed by atoms with Crippen molar-refractivity contribution >= 4 is 28.4 Å². The molecule has 4 rings (SSSR count). The van der Waals surface area contributed by atoms with E-state index in [2.05, 4.69) is 0 Å². The molecule has 1 aliphatic carbocycles. The van der Waals surface area contributed by atoms with Crippen molar-refractivity contribution in [2.24, 2.45) is 0 Å². The first-order chi connectivity index (χ1) is 11.2. The predicted molar refractivity (Wildman–Crippen MR) is 90.1 cm³/mol. The Morgan fingerprint density at radius 3 is 3.04 bits per heavy atom. The van der Waals surface area contributed by atoms with Gasteiger partial charge in [0.2, 0.25) is 0 Å². The van der Waals surface area contributed by atoms with Gasteiger partial charge in [-0.25, -0.2) is 0 Å². The molecule has 1 unspecified atom stereocenters. The molecule has 1 atom stereocenters. The summed E-state index contributed by atoms with van der Waals surface area (Å²) in [6, 6.07) is 5.62. The molecule has 23 heavy (non-hydrogen) atoms. The van der Waals surface area contributed by atoms with E-state index in [0.717, 1.165) is 60.0 Å². The van der Waals surface area contributed by atoms with Crippen LogP contribution in [0.5, 0.6) is 0 Å². The molecule has 0 N–H and O–H groups in total. The molecule has 4 nitrogen and oxygen atoms in total. The number of rotatable bonds is 2. The normalized spacial score (nSPS) is 20.3. The maximum atomic E-state index is 13.2. The lowest BCUT2D eigenvalue weighted by Gasteiger charge is -2.20. The van der Waals surface area contributed by atoms with Gasteiger partial charge in [0.15, 0.2) is 0 Å². The van der Waals surface area contributed by atoms with E-state index in [1.165, 1.54) is 0 Å². The molecule has 0 bridgehead atoms. The van der Waals surface area contributed by atoms with Crippen molar-refractivity contribution in [3.05, 3.63) is 40.0 Å². The Morgan fingerprint density at radius 1 is 1.39 bits per heavy atom. The van der Waals surface area contributed by atoms with Crippen LogP contribution in [0.1, 0.15) is 34.5 Å². The number of carbonyl (C=O) groups is 1. The van der Waals surface area contributed by atoms with Gasteiger partial charge in [0.05, 0.1) is 17.2 Å². The van der Waals surface area contributed by atoms with Crippen LogP contribution in [0, 0.1) is 0 Å². The minimum atomic E-state index is 0.0948. The first-order valence-electron chi connectivity index (χ1n) is 8.10. The van der Waals surface area contributed by atoms with Gasteiger partial charge in [-0.2, -0.15) is 0 Å². The van der Waals surface area contributed by atoms with Crippen LogP contribution in [0.15, 0.2) is 18.2 Å². The molecule has 0 radical (unpaired) electrons. The van der Waals surface area contributed by atoms with Crippen LogP contribution < -0.4 is 0 Å². The van der Waals surface area contributed by atoms with E-state index < -0.39 is 0 Å². The number of likely N-dealkylation sites (tertiary alicyclic amines) is 1. The number of hydrogen-bond donors (Lipinski definition) is 0. The van der Waals surface area contributed by atoms with E-state index in [9.17, 15) is 4.79 Å². The smallest absolute Gasteiger partial charge is 0.254 e. The highest BCUT2D eigenvalue weighted by Crippen LogP contribution is 2.33. The molecule has 0 spiro atoms. The zero-order valence-corrected chi connectivity index (χ0v) is 13.9. The van der Waals surface area contributed by atoms with E-state index in [-0.39, 0.29) is 12.0 Å². The molecule has 1 amide bonds. The fourth-order valence-electron chi connectivity index (χ4n) is 3.74. The Labute approximate surface area is 140 Å². The molecule has 1 saturated heterocycles. The number of nitrogens with zero attached hydrogens (tertiary/aromatic N) is 2. The second kappa shape index (κ2) is 5.77. The lowest BCUT2D eigenvalue weighted by Crippen LogP contribution is -2.31. The van der Waals surface area contributed by atoms with Gasteiger partial charge >= 0.3 is 0 Å². The quantitative estimate of drug-likeness (QED) is 0.849. The number of halogens is 1. The molecule has 2 heterocycles. The molecule has 1 aromatic heterocycles. The van der Waals surface area contributed by atoms with Gasteiger partial charge in [-0.15, -0.1) is 0 Å². The first-order valence-corrected chi connectivity index (χ1v) is 8.48. The van der Waals surface area contributed by atoms with Gasteiger partial charge in [0.1, 0.15) is 0 Å². The molecule has 1 aliphatic heterocycles. The van der Waals surface area contributed by atoms with Crippen LogP contribution >= 0.6 is 11.6 Å². The zero-order valence-electron chi connectivity index (χ0n) is 13.1. The van der Waals surface area contributed by atoms with Crippen molar-refractivity contribution in [2.45, 2.75) is 31.8 Å². The first kappa shape index (κ1) is 14.9. The van der Waals surface area contributed by atoms with Crippen molar-refractivity contribution in [3.8, 4) is 0 Å². The van der Waals surface area contributed by atoms with Crippen LogP contribution in [-0.4, -0.2) is 42.1 Å². The predicted octanol–water partition coefficient (Wildman–Crippen LogP) is 3.24. The SMILES string of the molecule is COC1CCN(C(=O)c2c3c(nc4ccc(Cl)cc24)CCC3)C1. The lowest BCUT2D eigenvalue weighted by molar-refractivity contribution is 0.0725. The van der Waals surface area contributed by atoms with Crippen LogP contribution in [0.3, 0.4) is 0 Å². The molecule has 2 aliphatic rings. The maximum Gasteiger partial charge on any atom is 0.254 e. The Balaban J connectivity index is 1.85. The number of aromatic nitrogens is 1.